The fraction of sp³-hybridized carbons (Fsp3) is 0.923. The number of amides is 1. The highest BCUT2D eigenvalue weighted by Gasteiger charge is 2.61. The van der Waals surface area contributed by atoms with Gasteiger partial charge < -0.3 is 15.7 Å². The Labute approximate surface area is 116 Å². The molecule has 2 aliphatic rings. The van der Waals surface area contributed by atoms with E-state index in [1.54, 1.807) is 0 Å². The number of alkyl halides is 3. The Kier molecular flexibility index (Phi) is 4.59. The molecule has 3 atom stereocenters. The van der Waals surface area contributed by atoms with Crippen LogP contribution in [0.4, 0.5) is 13.2 Å². The van der Waals surface area contributed by atoms with Crippen LogP contribution in [0.2, 0.25) is 0 Å². The van der Waals surface area contributed by atoms with Crippen LogP contribution < -0.4 is 10.6 Å². The van der Waals surface area contributed by atoms with E-state index in [1.807, 2.05) is 0 Å². The van der Waals surface area contributed by atoms with Gasteiger partial charge >= 0.3 is 6.18 Å². The molecule has 1 saturated carbocycles. The summed E-state index contributed by atoms with van der Waals surface area (Å²) in [5.74, 6) is -0.864. The average Bonchev–Trinajstić information content (AvgIpc) is 2.86. The van der Waals surface area contributed by atoms with Crippen LogP contribution in [0.3, 0.4) is 0 Å². The van der Waals surface area contributed by atoms with Crippen molar-refractivity contribution < 1.29 is 23.1 Å². The first-order valence-electron chi connectivity index (χ1n) is 7.09. The van der Waals surface area contributed by atoms with E-state index >= 15 is 0 Å². The molecule has 0 aromatic heterocycles. The van der Waals surface area contributed by atoms with Crippen LogP contribution in [0.25, 0.3) is 0 Å². The summed E-state index contributed by atoms with van der Waals surface area (Å²) in [7, 11) is 0. The predicted octanol–water partition coefficient (Wildman–Crippen LogP) is 1.20. The Balaban J connectivity index is 1.93. The highest BCUT2D eigenvalue weighted by atomic mass is 19.4. The average molecular weight is 294 g/mol. The van der Waals surface area contributed by atoms with E-state index in [-0.39, 0.29) is 32.0 Å². The number of carbonyl (C=O) groups is 1. The minimum atomic E-state index is -4.54. The zero-order valence-electron chi connectivity index (χ0n) is 11.3. The third-order valence-corrected chi connectivity index (χ3v) is 4.44. The minimum Gasteiger partial charge on any atom is -0.393 e. The molecule has 0 spiro atoms. The lowest BCUT2D eigenvalue weighted by atomic mass is 9.84. The summed E-state index contributed by atoms with van der Waals surface area (Å²) in [6, 6.07) is 0. The Morgan fingerprint density at radius 2 is 2.15 bits per heavy atom. The SMILES string of the molecule is O=C(NCC1CCCC(O)C1)C1(C(F)(F)F)CCNC1. The molecule has 0 aromatic rings. The van der Waals surface area contributed by atoms with Crippen molar-refractivity contribution >= 4 is 5.91 Å². The topological polar surface area (TPSA) is 61.4 Å². The first-order valence-corrected chi connectivity index (χ1v) is 7.09. The summed E-state index contributed by atoms with van der Waals surface area (Å²) in [6.07, 6.45) is -2.15. The van der Waals surface area contributed by atoms with Crippen molar-refractivity contribution in [2.45, 2.75) is 44.4 Å². The van der Waals surface area contributed by atoms with Crippen molar-refractivity contribution in [2.24, 2.45) is 11.3 Å². The minimum absolute atomic E-state index is 0.0716. The Bertz CT molecular complexity index is 354. The van der Waals surface area contributed by atoms with Crippen molar-refractivity contribution in [1.29, 1.82) is 0 Å². The van der Waals surface area contributed by atoms with Gasteiger partial charge in [-0.05, 0) is 38.1 Å². The number of aliphatic hydroxyl groups excluding tert-OH is 1. The molecule has 1 amide bonds. The smallest absolute Gasteiger partial charge is 0.393 e. The molecular formula is C13H21F3N2O2. The number of carbonyl (C=O) groups excluding carboxylic acids is 1. The van der Waals surface area contributed by atoms with Gasteiger partial charge in [-0.3, -0.25) is 4.79 Å². The lowest BCUT2D eigenvalue weighted by Crippen LogP contribution is -2.53. The number of hydrogen-bond acceptors (Lipinski definition) is 3. The summed E-state index contributed by atoms with van der Waals surface area (Å²) < 4.78 is 39.5. The lowest BCUT2D eigenvalue weighted by Gasteiger charge is -2.31. The number of hydrogen-bond donors (Lipinski definition) is 3. The van der Waals surface area contributed by atoms with Crippen molar-refractivity contribution in [2.75, 3.05) is 19.6 Å². The number of halogens is 3. The molecule has 2 rings (SSSR count). The van der Waals surface area contributed by atoms with E-state index in [4.69, 9.17) is 0 Å². The second kappa shape index (κ2) is 5.89. The van der Waals surface area contributed by atoms with E-state index in [0.717, 1.165) is 19.3 Å². The second-order valence-corrected chi connectivity index (χ2v) is 5.90. The van der Waals surface area contributed by atoms with Crippen LogP contribution in [0, 0.1) is 11.3 Å². The Hall–Kier alpha value is -0.820. The van der Waals surface area contributed by atoms with Crippen LogP contribution in [-0.4, -0.2) is 42.9 Å². The normalized spacial score (nSPS) is 35.0. The monoisotopic (exact) mass is 294 g/mol. The maximum atomic E-state index is 13.2. The maximum Gasteiger partial charge on any atom is 0.404 e. The van der Waals surface area contributed by atoms with Crippen molar-refractivity contribution in [1.82, 2.24) is 10.6 Å². The number of nitrogens with one attached hydrogen (secondary N) is 2. The molecule has 3 N–H and O–H groups in total. The van der Waals surface area contributed by atoms with Crippen LogP contribution in [0.1, 0.15) is 32.1 Å². The van der Waals surface area contributed by atoms with Gasteiger partial charge in [-0.1, -0.05) is 6.42 Å². The van der Waals surface area contributed by atoms with Gasteiger partial charge in [0.1, 0.15) is 0 Å². The quantitative estimate of drug-likeness (QED) is 0.733. The van der Waals surface area contributed by atoms with Crippen molar-refractivity contribution in [3.05, 3.63) is 0 Å². The van der Waals surface area contributed by atoms with E-state index in [1.165, 1.54) is 0 Å². The fourth-order valence-electron chi connectivity index (χ4n) is 3.11. The molecular weight excluding hydrogens is 273 g/mol. The van der Waals surface area contributed by atoms with Gasteiger partial charge in [0.2, 0.25) is 5.91 Å². The third-order valence-electron chi connectivity index (χ3n) is 4.44. The van der Waals surface area contributed by atoms with Crippen LogP contribution in [0.15, 0.2) is 0 Å². The molecule has 1 aliphatic carbocycles. The zero-order chi connectivity index (χ0) is 14.8. The highest BCUT2D eigenvalue weighted by molar-refractivity contribution is 5.84. The molecule has 0 bridgehead atoms. The molecule has 4 nitrogen and oxygen atoms in total. The van der Waals surface area contributed by atoms with Crippen LogP contribution >= 0.6 is 0 Å². The molecule has 1 heterocycles. The summed E-state index contributed by atoms with van der Waals surface area (Å²) in [6.45, 7) is 0.0679. The molecule has 2 fully saturated rings. The summed E-state index contributed by atoms with van der Waals surface area (Å²) in [5, 5.41) is 14.6. The van der Waals surface area contributed by atoms with E-state index in [9.17, 15) is 23.1 Å². The summed E-state index contributed by atoms with van der Waals surface area (Å²) in [5.41, 5.74) is -2.29. The molecule has 1 saturated heterocycles. The van der Waals surface area contributed by atoms with Crippen LogP contribution in [0.5, 0.6) is 0 Å². The Morgan fingerprint density at radius 3 is 2.70 bits per heavy atom. The van der Waals surface area contributed by atoms with Gasteiger partial charge in [-0.2, -0.15) is 13.2 Å². The van der Waals surface area contributed by atoms with Gasteiger partial charge in [-0.25, -0.2) is 0 Å². The van der Waals surface area contributed by atoms with Gasteiger partial charge in [0.25, 0.3) is 0 Å². The maximum absolute atomic E-state index is 13.2. The van der Waals surface area contributed by atoms with E-state index in [0.29, 0.717) is 6.42 Å². The standard InChI is InChI=1S/C13H21F3N2O2/c14-13(15,16)12(4-5-17-8-12)11(20)18-7-9-2-1-3-10(19)6-9/h9-10,17,19H,1-8H2,(H,18,20). The molecule has 1 aliphatic heterocycles. The third kappa shape index (κ3) is 3.09. The first-order chi connectivity index (χ1) is 9.35. The predicted molar refractivity (Wildman–Crippen MR) is 66.9 cm³/mol. The van der Waals surface area contributed by atoms with Crippen LogP contribution in [-0.2, 0) is 4.79 Å². The second-order valence-electron chi connectivity index (χ2n) is 5.90. The zero-order valence-corrected chi connectivity index (χ0v) is 11.3. The lowest BCUT2D eigenvalue weighted by molar-refractivity contribution is -0.216. The highest BCUT2D eigenvalue weighted by Crippen LogP contribution is 2.43. The van der Waals surface area contributed by atoms with Gasteiger partial charge in [0.15, 0.2) is 5.41 Å². The van der Waals surface area contributed by atoms with E-state index in [2.05, 4.69) is 10.6 Å². The van der Waals surface area contributed by atoms with Crippen molar-refractivity contribution in [3.8, 4) is 0 Å². The fourth-order valence-corrected chi connectivity index (χ4v) is 3.11. The van der Waals surface area contributed by atoms with Crippen molar-refractivity contribution in [3.63, 3.8) is 0 Å². The molecule has 20 heavy (non-hydrogen) atoms. The number of rotatable bonds is 3. The molecule has 7 heteroatoms. The first kappa shape index (κ1) is 15.6. The molecule has 0 aromatic carbocycles. The summed E-state index contributed by atoms with van der Waals surface area (Å²) in [4.78, 5) is 12.0. The molecule has 0 radical (unpaired) electrons. The molecule has 116 valence electrons. The van der Waals surface area contributed by atoms with Gasteiger partial charge in [0.05, 0.1) is 6.10 Å². The molecule has 3 unspecified atom stereocenters. The largest absolute Gasteiger partial charge is 0.404 e. The van der Waals surface area contributed by atoms with Gasteiger partial charge in [-0.15, -0.1) is 0 Å². The Morgan fingerprint density at radius 1 is 1.40 bits per heavy atom. The summed E-state index contributed by atoms with van der Waals surface area (Å²) >= 11 is 0. The van der Waals surface area contributed by atoms with E-state index < -0.39 is 23.6 Å². The van der Waals surface area contributed by atoms with Gasteiger partial charge in [0, 0.05) is 13.1 Å². The number of aliphatic hydroxyl groups is 1.